The molecular weight excluding hydrogens is 446 g/mol. The van der Waals surface area contributed by atoms with Crippen LogP contribution in [0.5, 0.6) is 0 Å². The van der Waals surface area contributed by atoms with Gasteiger partial charge in [-0.25, -0.2) is 14.4 Å². The highest BCUT2D eigenvalue weighted by molar-refractivity contribution is 5.93. The number of hydrogen-bond acceptors (Lipinski definition) is 6. The molecule has 0 spiro atoms. The molecule has 4 rings (SSSR count). The summed E-state index contributed by atoms with van der Waals surface area (Å²) in [4.78, 5) is 20.9. The van der Waals surface area contributed by atoms with Crippen molar-refractivity contribution in [3.63, 3.8) is 0 Å². The third kappa shape index (κ3) is 4.88. The number of alkyl halides is 3. The number of rotatable bonds is 5. The first-order chi connectivity index (χ1) is 15.6. The highest BCUT2D eigenvalue weighted by Gasteiger charge is 2.35. The number of ether oxygens (including phenoxy) is 1. The summed E-state index contributed by atoms with van der Waals surface area (Å²) in [7, 11) is 0. The summed E-state index contributed by atoms with van der Waals surface area (Å²) >= 11 is 0. The van der Waals surface area contributed by atoms with E-state index in [1.54, 1.807) is 6.20 Å². The highest BCUT2D eigenvalue weighted by atomic mass is 19.4. The van der Waals surface area contributed by atoms with E-state index >= 15 is 0 Å². The second-order valence-corrected chi connectivity index (χ2v) is 7.60. The molecule has 176 valence electrons. The van der Waals surface area contributed by atoms with Gasteiger partial charge in [0.15, 0.2) is 17.3 Å². The van der Waals surface area contributed by atoms with Crippen molar-refractivity contribution in [2.75, 3.05) is 25.1 Å². The lowest BCUT2D eigenvalue weighted by Crippen LogP contribution is -2.34. The second-order valence-electron chi connectivity index (χ2n) is 7.60. The maximum Gasteiger partial charge on any atom is 0.435 e. The molecule has 1 amide bonds. The molecule has 0 aromatic carbocycles. The number of imidazole rings is 1. The molecule has 2 N–H and O–H groups in total. The van der Waals surface area contributed by atoms with Gasteiger partial charge in [0.1, 0.15) is 12.4 Å². The maximum atomic E-state index is 14.7. The molecule has 9 nitrogen and oxygen atoms in total. The van der Waals surface area contributed by atoms with E-state index in [-0.39, 0.29) is 23.2 Å². The van der Waals surface area contributed by atoms with Gasteiger partial charge in [0.2, 0.25) is 5.91 Å². The fraction of sp³-hybridized carbons (Fsp3) is 0.400. The molecule has 1 aliphatic heterocycles. The number of hydrogen-bond donors (Lipinski definition) is 2. The SMILES string of the molecule is Cc1cc(C(F)(F)F)nn1C(C)C(=O)Nc1cnc(-n2cnc(C3COCCN3)c2)c(F)c1. The quantitative estimate of drug-likeness (QED) is 0.560. The van der Waals surface area contributed by atoms with Crippen molar-refractivity contribution in [1.82, 2.24) is 29.6 Å². The Bertz CT molecular complexity index is 1150. The minimum atomic E-state index is -4.62. The van der Waals surface area contributed by atoms with E-state index < -0.39 is 29.6 Å². The van der Waals surface area contributed by atoms with Gasteiger partial charge in [-0.2, -0.15) is 18.3 Å². The minimum absolute atomic E-state index is 0.0192. The molecule has 1 fully saturated rings. The summed E-state index contributed by atoms with van der Waals surface area (Å²) in [6.07, 6.45) is -0.309. The van der Waals surface area contributed by atoms with Crippen molar-refractivity contribution in [1.29, 1.82) is 0 Å². The van der Waals surface area contributed by atoms with Crippen molar-refractivity contribution in [3.8, 4) is 5.82 Å². The first-order valence-electron chi connectivity index (χ1n) is 10.1. The van der Waals surface area contributed by atoms with Gasteiger partial charge in [-0.1, -0.05) is 0 Å². The van der Waals surface area contributed by atoms with E-state index in [1.165, 1.54) is 30.9 Å². The Morgan fingerprint density at radius 3 is 2.76 bits per heavy atom. The number of halogens is 4. The molecular formula is C20H21F4N7O2. The monoisotopic (exact) mass is 467 g/mol. The summed E-state index contributed by atoms with van der Waals surface area (Å²) in [5.41, 5.74) is -0.198. The first kappa shape index (κ1) is 22.9. The Balaban J connectivity index is 1.47. The molecule has 0 aliphatic carbocycles. The van der Waals surface area contributed by atoms with E-state index in [2.05, 4.69) is 25.7 Å². The standard InChI is InChI=1S/C20H21F4N7O2/c1-11-5-17(20(22,23)24)29-31(11)12(2)19(32)28-13-6-14(21)18(26-7-13)30-8-15(27-10-30)16-9-33-4-3-25-16/h5-8,10,12,16,25H,3-4,9H2,1-2H3,(H,28,32). The number of carbonyl (C=O) groups excluding carboxylic acids is 1. The normalized spacial score (nSPS) is 17.7. The van der Waals surface area contributed by atoms with E-state index in [0.717, 1.165) is 16.8 Å². The summed E-state index contributed by atoms with van der Waals surface area (Å²) in [5.74, 6) is -1.40. The number of amides is 1. The summed E-state index contributed by atoms with van der Waals surface area (Å²) in [6, 6.07) is 0.761. The van der Waals surface area contributed by atoms with Crippen LogP contribution < -0.4 is 10.6 Å². The average Bonchev–Trinajstić information content (AvgIpc) is 3.41. The van der Waals surface area contributed by atoms with Gasteiger partial charge < -0.3 is 15.4 Å². The second kappa shape index (κ2) is 8.90. The van der Waals surface area contributed by atoms with E-state index in [4.69, 9.17) is 4.74 Å². The molecule has 3 aromatic rings. The number of carbonyl (C=O) groups is 1. The molecule has 33 heavy (non-hydrogen) atoms. The van der Waals surface area contributed by atoms with Gasteiger partial charge in [0, 0.05) is 24.5 Å². The van der Waals surface area contributed by atoms with Gasteiger partial charge >= 0.3 is 6.18 Å². The summed E-state index contributed by atoms with van der Waals surface area (Å²) in [6.45, 7) is 4.56. The third-order valence-corrected chi connectivity index (χ3v) is 5.17. The van der Waals surface area contributed by atoms with Crippen molar-refractivity contribution in [2.45, 2.75) is 32.1 Å². The molecule has 0 saturated carbocycles. The number of nitrogens with zero attached hydrogens (tertiary/aromatic N) is 5. The lowest BCUT2D eigenvalue weighted by Gasteiger charge is -2.21. The van der Waals surface area contributed by atoms with E-state index in [0.29, 0.717) is 25.5 Å². The van der Waals surface area contributed by atoms with Gasteiger partial charge in [-0.3, -0.25) is 14.0 Å². The molecule has 1 aliphatic rings. The predicted molar refractivity (Wildman–Crippen MR) is 108 cm³/mol. The van der Waals surface area contributed by atoms with Crippen molar-refractivity contribution in [2.24, 2.45) is 0 Å². The third-order valence-electron chi connectivity index (χ3n) is 5.17. The fourth-order valence-electron chi connectivity index (χ4n) is 3.45. The molecule has 13 heteroatoms. The highest BCUT2D eigenvalue weighted by Crippen LogP contribution is 2.29. The van der Waals surface area contributed by atoms with Crippen LogP contribution in [0.25, 0.3) is 5.82 Å². The molecule has 2 unspecified atom stereocenters. The lowest BCUT2D eigenvalue weighted by atomic mass is 10.2. The zero-order valence-corrected chi connectivity index (χ0v) is 17.7. The number of anilines is 1. The van der Waals surface area contributed by atoms with E-state index in [1.807, 2.05) is 0 Å². The van der Waals surface area contributed by atoms with Crippen molar-refractivity contribution in [3.05, 3.63) is 53.8 Å². The van der Waals surface area contributed by atoms with Crippen LogP contribution in [0.15, 0.2) is 30.9 Å². The van der Waals surface area contributed by atoms with Crippen LogP contribution in [0.3, 0.4) is 0 Å². The zero-order chi connectivity index (χ0) is 23.8. The van der Waals surface area contributed by atoms with Crippen molar-refractivity contribution < 1.29 is 27.1 Å². The van der Waals surface area contributed by atoms with Gasteiger partial charge in [-0.15, -0.1) is 0 Å². The number of morpholine rings is 1. The topological polar surface area (TPSA) is 98.9 Å². The molecule has 2 atom stereocenters. The minimum Gasteiger partial charge on any atom is -0.378 e. The van der Waals surface area contributed by atoms with Crippen LogP contribution in [0.1, 0.15) is 36.1 Å². The van der Waals surface area contributed by atoms with Crippen molar-refractivity contribution >= 4 is 11.6 Å². The number of pyridine rings is 1. The van der Waals surface area contributed by atoms with E-state index in [9.17, 15) is 22.4 Å². The van der Waals surface area contributed by atoms with Crippen LogP contribution in [0, 0.1) is 12.7 Å². The Labute approximate surface area is 185 Å². The molecule has 0 bridgehead atoms. The van der Waals surface area contributed by atoms with Crippen LogP contribution >= 0.6 is 0 Å². The maximum absolute atomic E-state index is 14.7. The van der Waals surface area contributed by atoms with Crippen LogP contribution in [-0.2, 0) is 15.7 Å². The van der Waals surface area contributed by atoms with Gasteiger partial charge in [0.25, 0.3) is 0 Å². The van der Waals surface area contributed by atoms with Crippen LogP contribution in [-0.4, -0.2) is 50.0 Å². The smallest absolute Gasteiger partial charge is 0.378 e. The fourth-order valence-corrected chi connectivity index (χ4v) is 3.45. The number of aryl methyl sites for hydroxylation is 1. The lowest BCUT2D eigenvalue weighted by molar-refractivity contribution is -0.141. The Hall–Kier alpha value is -3.32. The Morgan fingerprint density at radius 2 is 2.12 bits per heavy atom. The summed E-state index contributed by atoms with van der Waals surface area (Å²) < 4.78 is 61.1. The summed E-state index contributed by atoms with van der Waals surface area (Å²) in [5, 5.41) is 9.18. The average molecular weight is 467 g/mol. The first-order valence-corrected chi connectivity index (χ1v) is 10.1. The van der Waals surface area contributed by atoms with Crippen LogP contribution in [0.2, 0.25) is 0 Å². The Morgan fingerprint density at radius 1 is 1.33 bits per heavy atom. The Kier molecular flexibility index (Phi) is 6.17. The van der Waals surface area contributed by atoms with Gasteiger partial charge in [-0.05, 0) is 19.9 Å². The molecule has 3 aromatic heterocycles. The molecule has 0 radical (unpaired) electrons. The largest absolute Gasteiger partial charge is 0.435 e. The molecule has 1 saturated heterocycles. The number of nitrogens with one attached hydrogen (secondary N) is 2. The number of aromatic nitrogens is 5. The van der Waals surface area contributed by atoms with Gasteiger partial charge in [0.05, 0.1) is 36.8 Å². The predicted octanol–water partition coefficient (Wildman–Crippen LogP) is 2.79. The zero-order valence-electron chi connectivity index (χ0n) is 17.7. The van der Waals surface area contributed by atoms with Crippen LogP contribution in [0.4, 0.5) is 23.2 Å². The molecule has 4 heterocycles.